The van der Waals surface area contributed by atoms with Crippen molar-refractivity contribution >= 4 is 11.6 Å². The average Bonchev–Trinajstić information content (AvgIpc) is 2.83. The summed E-state index contributed by atoms with van der Waals surface area (Å²) in [5.74, 6) is 1.77. The fourth-order valence-electron chi connectivity index (χ4n) is 6.35. The molecule has 0 saturated heterocycles. The van der Waals surface area contributed by atoms with Crippen molar-refractivity contribution in [3.63, 3.8) is 0 Å². The van der Waals surface area contributed by atoms with Crippen molar-refractivity contribution in [2.24, 2.45) is 28.6 Å². The first-order valence-electron chi connectivity index (χ1n) is 9.40. The Labute approximate surface area is 145 Å². The topological polar surface area (TPSA) is 34.1 Å². The first-order valence-corrected chi connectivity index (χ1v) is 9.40. The highest BCUT2D eigenvalue weighted by Gasteiger charge is 2.58. The van der Waals surface area contributed by atoms with Gasteiger partial charge in [0.1, 0.15) is 5.78 Å². The summed E-state index contributed by atoms with van der Waals surface area (Å²) in [5, 5.41) is 0. The summed E-state index contributed by atoms with van der Waals surface area (Å²) >= 11 is 0. The molecule has 5 atom stereocenters. The van der Waals surface area contributed by atoms with Crippen molar-refractivity contribution < 1.29 is 9.59 Å². The second-order valence-electron chi connectivity index (χ2n) is 8.91. The van der Waals surface area contributed by atoms with Gasteiger partial charge >= 0.3 is 0 Å². The van der Waals surface area contributed by atoms with Gasteiger partial charge in [-0.2, -0.15) is 0 Å². The minimum atomic E-state index is -0.146. The van der Waals surface area contributed by atoms with Crippen molar-refractivity contribution in [2.75, 3.05) is 0 Å². The SMILES string of the molecule is CC1=CC(=O)C=C2C(C)C(C)=C3[C@H](CC[C@]4(C)C(=O)CC[C@@H]34)[C@@]12C. The summed E-state index contributed by atoms with van der Waals surface area (Å²) in [7, 11) is 0. The molecule has 4 aliphatic carbocycles. The fourth-order valence-corrected chi connectivity index (χ4v) is 6.35. The zero-order chi connectivity index (χ0) is 17.4. The highest BCUT2D eigenvalue weighted by molar-refractivity contribution is 6.02. The monoisotopic (exact) mass is 324 g/mol. The number of carbonyl (C=O) groups excluding carboxylic acids is 2. The zero-order valence-electron chi connectivity index (χ0n) is 15.5. The lowest BCUT2D eigenvalue weighted by atomic mass is 9.48. The number of carbonyl (C=O) groups is 2. The van der Waals surface area contributed by atoms with Crippen LogP contribution in [0.15, 0.2) is 34.4 Å². The van der Waals surface area contributed by atoms with Crippen LogP contribution in [0.25, 0.3) is 0 Å². The van der Waals surface area contributed by atoms with E-state index in [4.69, 9.17) is 0 Å². The Bertz CT molecular complexity index is 750. The average molecular weight is 324 g/mol. The van der Waals surface area contributed by atoms with Crippen LogP contribution >= 0.6 is 0 Å². The van der Waals surface area contributed by atoms with E-state index in [2.05, 4.69) is 34.6 Å². The Hall–Kier alpha value is -1.44. The summed E-state index contributed by atoms with van der Waals surface area (Å²) in [4.78, 5) is 24.7. The maximum Gasteiger partial charge on any atom is 0.178 e. The lowest BCUT2D eigenvalue weighted by molar-refractivity contribution is -0.127. The summed E-state index contributed by atoms with van der Waals surface area (Å²) < 4.78 is 0. The van der Waals surface area contributed by atoms with Crippen LogP contribution in [0.5, 0.6) is 0 Å². The zero-order valence-corrected chi connectivity index (χ0v) is 15.5. The highest BCUT2D eigenvalue weighted by Crippen LogP contribution is 2.65. The molecule has 4 rings (SSSR count). The minimum absolute atomic E-state index is 0.0465. The molecule has 2 nitrogen and oxygen atoms in total. The van der Waals surface area contributed by atoms with E-state index >= 15 is 0 Å². The molecule has 0 heterocycles. The number of ketones is 2. The Morgan fingerprint density at radius 1 is 1.04 bits per heavy atom. The van der Waals surface area contributed by atoms with Crippen molar-refractivity contribution in [1.29, 1.82) is 0 Å². The highest BCUT2D eigenvalue weighted by atomic mass is 16.1. The molecule has 2 saturated carbocycles. The maximum atomic E-state index is 12.6. The summed E-state index contributed by atoms with van der Waals surface area (Å²) in [5.41, 5.74) is 5.30. The van der Waals surface area contributed by atoms with E-state index in [1.54, 1.807) is 5.57 Å². The van der Waals surface area contributed by atoms with Gasteiger partial charge in [0.15, 0.2) is 5.78 Å². The lowest BCUT2D eigenvalue weighted by Gasteiger charge is -2.56. The largest absolute Gasteiger partial charge is 0.299 e. The van der Waals surface area contributed by atoms with Gasteiger partial charge < -0.3 is 0 Å². The lowest BCUT2D eigenvalue weighted by Crippen LogP contribution is -2.48. The second-order valence-corrected chi connectivity index (χ2v) is 8.91. The summed E-state index contributed by atoms with van der Waals surface area (Å²) in [6, 6.07) is 0. The van der Waals surface area contributed by atoms with Crippen molar-refractivity contribution in [3.8, 4) is 0 Å². The molecule has 0 radical (unpaired) electrons. The van der Waals surface area contributed by atoms with Gasteiger partial charge in [-0.1, -0.05) is 37.5 Å². The predicted molar refractivity (Wildman–Crippen MR) is 95.4 cm³/mol. The van der Waals surface area contributed by atoms with Crippen LogP contribution in [0.4, 0.5) is 0 Å². The smallest absolute Gasteiger partial charge is 0.178 e. The van der Waals surface area contributed by atoms with E-state index in [1.165, 1.54) is 16.7 Å². The molecule has 0 spiro atoms. The molecule has 0 aromatic carbocycles. The van der Waals surface area contributed by atoms with E-state index in [-0.39, 0.29) is 16.6 Å². The molecule has 0 bridgehead atoms. The maximum absolute atomic E-state index is 12.6. The minimum Gasteiger partial charge on any atom is -0.299 e. The molecular formula is C22H28O2. The van der Waals surface area contributed by atoms with Crippen LogP contribution < -0.4 is 0 Å². The van der Waals surface area contributed by atoms with Gasteiger partial charge in [0.2, 0.25) is 0 Å². The third kappa shape index (κ3) is 1.72. The predicted octanol–water partition coefficient (Wildman–Crippen LogP) is 4.81. The molecule has 0 amide bonds. The van der Waals surface area contributed by atoms with Crippen molar-refractivity contribution in [2.45, 2.75) is 60.3 Å². The normalized spacial score (nSPS) is 44.6. The van der Waals surface area contributed by atoms with Gasteiger partial charge in [-0.25, -0.2) is 0 Å². The number of hydrogen-bond donors (Lipinski definition) is 0. The van der Waals surface area contributed by atoms with Crippen LogP contribution in [0.1, 0.15) is 60.3 Å². The number of rotatable bonds is 0. The Morgan fingerprint density at radius 2 is 1.75 bits per heavy atom. The molecule has 128 valence electrons. The van der Waals surface area contributed by atoms with Crippen LogP contribution in [-0.2, 0) is 9.59 Å². The number of fused-ring (bicyclic) bond motifs is 5. The first kappa shape index (κ1) is 16.1. The van der Waals surface area contributed by atoms with Gasteiger partial charge in [0, 0.05) is 17.3 Å². The van der Waals surface area contributed by atoms with E-state index < -0.39 is 0 Å². The van der Waals surface area contributed by atoms with Crippen LogP contribution in [0.2, 0.25) is 0 Å². The molecule has 2 fully saturated rings. The fraction of sp³-hybridized carbons (Fsp3) is 0.636. The van der Waals surface area contributed by atoms with Crippen LogP contribution in [0.3, 0.4) is 0 Å². The van der Waals surface area contributed by atoms with Crippen molar-refractivity contribution in [1.82, 2.24) is 0 Å². The number of allylic oxidation sites excluding steroid dienone is 6. The van der Waals surface area contributed by atoms with Gasteiger partial charge in [-0.3, -0.25) is 9.59 Å². The van der Waals surface area contributed by atoms with E-state index in [9.17, 15) is 9.59 Å². The summed E-state index contributed by atoms with van der Waals surface area (Å²) in [6.07, 6.45) is 7.54. The molecular weight excluding hydrogens is 296 g/mol. The third-order valence-corrected chi connectivity index (χ3v) is 8.11. The Balaban J connectivity index is 1.93. The van der Waals surface area contributed by atoms with Crippen molar-refractivity contribution in [3.05, 3.63) is 34.4 Å². The van der Waals surface area contributed by atoms with Gasteiger partial charge in [0.05, 0.1) is 0 Å². The van der Waals surface area contributed by atoms with E-state index in [0.717, 1.165) is 25.7 Å². The summed E-state index contributed by atoms with van der Waals surface area (Å²) in [6.45, 7) is 11.2. The standard InChI is InChI=1S/C22H28O2/c1-12-10-15(23)11-18-13(2)14(3)20-16-6-7-19(24)21(16,4)9-8-17(20)22(12,18)5/h10-11,13,16-17H,6-9H2,1-5H3/t13?,16-,17-,21-,22+/m0/s1. The van der Waals surface area contributed by atoms with E-state index in [1.807, 2.05) is 12.2 Å². The molecule has 24 heavy (non-hydrogen) atoms. The Kier molecular flexibility index (Phi) is 3.21. The molecule has 0 aromatic heterocycles. The number of hydrogen-bond acceptors (Lipinski definition) is 2. The molecule has 0 N–H and O–H groups in total. The molecule has 4 aliphatic rings. The second kappa shape index (κ2) is 4.80. The van der Waals surface area contributed by atoms with Crippen LogP contribution in [0, 0.1) is 28.6 Å². The third-order valence-electron chi connectivity index (χ3n) is 8.11. The van der Waals surface area contributed by atoms with E-state index in [0.29, 0.717) is 23.5 Å². The molecule has 2 heteroatoms. The molecule has 0 aromatic rings. The quantitative estimate of drug-likeness (QED) is 0.599. The first-order chi connectivity index (χ1) is 11.2. The van der Waals surface area contributed by atoms with Gasteiger partial charge in [-0.15, -0.1) is 0 Å². The van der Waals surface area contributed by atoms with Crippen LogP contribution in [-0.4, -0.2) is 11.6 Å². The molecule has 0 aliphatic heterocycles. The molecule has 1 unspecified atom stereocenters. The Morgan fingerprint density at radius 3 is 2.46 bits per heavy atom. The van der Waals surface area contributed by atoms with Gasteiger partial charge in [-0.05, 0) is 68.6 Å². The number of Topliss-reactive ketones (excluding diaryl/α,β-unsaturated/α-hetero) is 1. The van der Waals surface area contributed by atoms with Gasteiger partial charge in [0.25, 0.3) is 0 Å².